The van der Waals surface area contributed by atoms with E-state index in [4.69, 9.17) is 11.6 Å². The zero-order valence-corrected chi connectivity index (χ0v) is 11.1. The third-order valence-corrected chi connectivity index (χ3v) is 3.40. The molecule has 0 aromatic heterocycles. The van der Waals surface area contributed by atoms with E-state index < -0.39 is 0 Å². The van der Waals surface area contributed by atoms with Crippen molar-refractivity contribution < 1.29 is 0 Å². The molecule has 0 atom stereocenters. The Hall–Kier alpha value is -2.05. The maximum atomic E-state index is 5.98. The van der Waals surface area contributed by atoms with Gasteiger partial charge >= 0.3 is 0 Å². The minimum absolute atomic E-state index is 0.763. The van der Waals surface area contributed by atoms with Crippen molar-refractivity contribution >= 4 is 17.2 Å². The van der Waals surface area contributed by atoms with E-state index in [9.17, 15) is 0 Å². The van der Waals surface area contributed by atoms with E-state index in [0.717, 1.165) is 5.02 Å². The first-order chi connectivity index (χ1) is 9.34. The third-order valence-electron chi connectivity index (χ3n) is 3.15. The second kappa shape index (κ2) is 5.29. The van der Waals surface area contributed by atoms with Gasteiger partial charge in [-0.3, -0.25) is 0 Å². The zero-order valence-electron chi connectivity index (χ0n) is 10.4. The number of allylic oxidation sites excluding steroid dienone is 5. The lowest BCUT2D eigenvalue weighted by Gasteiger charge is -2.11. The van der Waals surface area contributed by atoms with Gasteiger partial charge in [0.05, 0.1) is 0 Å². The number of hydrogen-bond donors (Lipinski definition) is 0. The van der Waals surface area contributed by atoms with E-state index in [1.807, 2.05) is 18.2 Å². The average molecular weight is 265 g/mol. The summed E-state index contributed by atoms with van der Waals surface area (Å²) in [4.78, 5) is 0. The van der Waals surface area contributed by atoms with Crippen molar-refractivity contribution in [1.29, 1.82) is 0 Å². The summed E-state index contributed by atoms with van der Waals surface area (Å²) in [6.07, 6.45) is 8.40. The third kappa shape index (κ3) is 2.54. The highest BCUT2D eigenvalue weighted by Gasteiger charge is 2.09. The van der Waals surface area contributed by atoms with Gasteiger partial charge in [-0.1, -0.05) is 78.4 Å². The van der Waals surface area contributed by atoms with Crippen LogP contribution in [0.5, 0.6) is 0 Å². The number of rotatable bonds is 2. The Morgan fingerprint density at radius 3 is 1.89 bits per heavy atom. The van der Waals surface area contributed by atoms with Crippen molar-refractivity contribution in [2.24, 2.45) is 0 Å². The number of hydrogen-bond acceptors (Lipinski definition) is 0. The highest BCUT2D eigenvalue weighted by atomic mass is 35.5. The molecule has 1 heteroatoms. The fraction of sp³-hybridized carbons (Fsp3) is 0. The van der Waals surface area contributed by atoms with Crippen LogP contribution in [-0.2, 0) is 0 Å². The van der Waals surface area contributed by atoms with Crippen molar-refractivity contribution in [1.82, 2.24) is 0 Å². The average Bonchev–Trinajstić information content (AvgIpc) is 2.96. The Labute approximate surface area is 118 Å². The van der Waals surface area contributed by atoms with E-state index in [1.54, 1.807) is 0 Å². The van der Waals surface area contributed by atoms with Crippen LogP contribution >= 0.6 is 11.6 Å². The van der Waals surface area contributed by atoms with Gasteiger partial charge in [0.25, 0.3) is 0 Å². The van der Waals surface area contributed by atoms with Crippen LogP contribution in [0.25, 0.3) is 5.57 Å². The summed E-state index contributed by atoms with van der Waals surface area (Å²) in [5, 5.41) is 0.763. The topological polar surface area (TPSA) is 0 Å². The Balaban J connectivity index is 2.18. The largest absolute Gasteiger partial charge is 0.0843 e. The molecule has 0 nitrogen and oxygen atoms in total. The van der Waals surface area contributed by atoms with Crippen molar-refractivity contribution in [2.75, 3.05) is 0 Å². The van der Waals surface area contributed by atoms with Gasteiger partial charge in [-0.25, -0.2) is 0 Å². The molecule has 0 N–H and O–H groups in total. The second-order valence-electron chi connectivity index (χ2n) is 4.42. The lowest BCUT2D eigenvalue weighted by Crippen LogP contribution is -1.90. The van der Waals surface area contributed by atoms with Crippen molar-refractivity contribution in [3.8, 4) is 0 Å². The van der Waals surface area contributed by atoms with E-state index in [1.165, 1.54) is 22.3 Å². The molecule has 0 spiro atoms. The normalized spacial score (nSPS) is 13.0. The van der Waals surface area contributed by atoms with Crippen LogP contribution in [0, 0.1) is 0 Å². The standard InChI is InChI=1S/C18H13Cl/c19-17-12-10-16(11-13-17)18(15-8-4-5-9-15)14-6-2-1-3-7-14/h1-13H. The van der Waals surface area contributed by atoms with Crippen LogP contribution in [0.2, 0.25) is 5.02 Å². The molecular formula is C18H13Cl. The van der Waals surface area contributed by atoms with E-state index in [-0.39, 0.29) is 0 Å². The van der Waals surface area contributed by atoms with E-state index in [0.29, 0.717) is 0 Å². The molecule has 0 unspecified atom stereocenters. The second-order valence-corrected chi connectivity index (χ2v) is 4.86. The van der Waals surface area contributed by atoms with Crippen LogP contribution in [0.4, 0.5) is 0 Å². The van der Waals surface area contributed by atoms with Crippen LogP contribution in [0.15, 0.2) is 84.5 Å². The molecule has 0 saturated heterocycles. The molecule has 1 aliphatic rings. The van der Waals surface area contributed by atoms with Gasteiger partial charge in [-0.15, -0.1) is 0 Å². The molecule has 19 heavy (non-hydrogen) atoms. The molecule has 0 fully saturated rings. The first-order valence-electron chi connectivity index (χ1n) is 6.25. The maximum Gasteiger partial charge on any atom is 0.0406 e. The highest BCUT2D eigenvalue weighted by molar-refractivity contribution is 6.30. The summed E-state index contributed by atoms with van der Waals surface area (Å²) in [5.74, 6) is 0. The first-order valence-corrected chi connectivity index (χ1v) is 6.63. The smallest absolute Gasteiger partial charge is 0.0406 e. The monoisotopic (exact) mass is 264 g/mol. The van der Waals surface area contributed by atoms with Gasteiger partial charge in [-0.05, 0) is 34.4 Å². The van der Waals surface area contributed by atoms with Crippen molar-refractivity contribution in [2.45, 2.75) is 0 Å². The summed E-state index contributed by atoms with van der Waals surface area (Å²) in [6.45, 7) is 0. The molecule has 0 saturated carbocycles. The molecule has 0 amide bonds. The fourth-order valence-corrected chi connectivity index (χ4v) is 2.39. The quantitative estimate of drug-likeness (QED) is 0.693. The van der Waals surface area contributed by atoms with Crippen molar-refractivity contribution in [3.63, 3.8) is 0 Å². The Morgan fingerprint density at radius 1 is 0.684 bits per heavy atom. The Morgan fingerprint density at radius 2 is 1.26 bits per heavy atom. The van der Waals surface area contributed by atoms with Crippen LogP contribution in [0.1, 0.15) is 11.1 Å². The molecule has 1 aliphatic carbocycles. The summed E-state index contributed by atoms with van der Waals surface area (Å²) >= 11 is 5.98. The molecule has 2 aromatic carbocycles. The van der Waals surface area contributed by atoms with Crippen LogP contribution < -0.4 is 0 Å². The minimum Gasteiger partial charge on any atom is -0.0843 e. The molecule has 0 bridgehead atoms. The summed E-state index contributed by atoms with van der Waals surface area (Å²) in [7, 11) is 0. The van der Waals surface area contributed by atoms with Gasteiger partial charge in [0.1, 0.15) is 0 Å². The van der Waals surface area contributed by atoms with Crippen LogP contribution in [0.3, 0.4) is 0 Å². The fourth-order valence-electron chi connectivity index (χ4n) is 2.26. The molecule has 92 valence electrons. The van der Waals surface area contributed by atoms with E-state index >= 15 is 0 Å². The van der Waals surface area contributed by atoms with Gasteiger partial charge in [0.15, 0.2) is 0 Å². The van der Waals surface area contributed by atoms with Gasteiger partial charge in [0, 0.05) is 5.02 Å². The molecular weight excluding hydrogens is 252 g/mol. The summed E-state index contributed by atoms with van der Waals surface area (Å²) < 4.78 is 0. The zero-order chi connectivity index (χ0) is 13.1. The van der Waals surface area contributed by atoms with Gasteiger partial charge in [0.2, 0.25) is 0 Å². The lowest BCUT2D eigenvalue weighted by molar-refractivity contribution is 1.52. The molecule has 0 heterocycles. The predicted octanol–water partition coefficient (Wildman–Crippen LogP) is 5.27. The Bertz CT molecular complexity index is 645. The molecule has 2 aromatic rings. The van der Waals surface area contributed by atoms with Gasteiger partial charge < -0.3 is 0 Å². The van der Waals surface area contributed by atoms with Crippen molar-refractivity contribution in [3.05, 3.63) is 101 Å². The van der Waals surface area contributed by atoms with Gasteiger partial charge in [-0.2, -0.15) is 0 Å². The summed E-state index contributed by atoms with van der Waals surface area (Å²) in [5.41, 5.74) is 4.87. The van der Waals surface area contributed by atoms with Crippen LogP contribution in [-0.4, -0.2) is 0 Å². The Kier molecular flexibility index (Phi) is 3.35. The number of halogens is 1. The highest BCUT2D eigenvalue weighted by Crippen LogP contribution is 2.30. The molecule has 0 radical (unpaired) electrons. The first kappa shape index (κ1) is 12.0. The number of benzene rings is 2. The summed E-state index contributed by atoms with van der Waals surface area (Å²) in [6, 6.07) is 18.4. The maximum absolute atomic E-state index is 5.98. The van der Waals surface area contributed by atoms with E-state index in [2.05, 4.69) is 60.7 Å². The molecule has 0 aliphatic heterocycles. The predicted molar refractivity (Wildman–Crippen MR) is 82.2 cm³/mol. The molecule has 3 rings (SSSR count). The lowest BCUT2D eigenvalue weighted by atomic mass is 9.93. The minimum atomic E-state index is 0.763. The SMILES string of the molecule is Clc1ccc(C(=C2C=CC=C2)c2ccccc2)cc1.